The van der Waals surface area contributed by atoms with Crippen molar-refractivity contribution in [1.29, 1.82) is 0 Å². The van der Waals surface area contributed by atoms with E-state index in [0.717, 1.165) is 14.6 Å². The summed E-state index contributed by atoms with van der Waals surface area (Å²) < 4.78 is 6.72. The number of thiocarbonyl (C=S) groups is 1. The first-order chi connectivity index (χ1) is 8.04. The molecule has 2 N–H and O–H groups in total. The maximum absolute atomic E-state index is 5.13. The lowest BCUT2D eigenvalue weighted by Crippen LogP contribution is -2.31. The summed E-state index contributed by atoms with van der Waals surface area (Å²) in [6.07, 6.45) is 0. The van der Waals surface area contributed by atoms with Gasteiger partial charge in [0.25, 0.3) is 0 Å². The van der Waals surface area contributed by atoms with E-state index < -0.39 is 0 Å². The van der Waals surface area contributed by atoms with E-state index in [1.54, 1.807) is 7.11 Å². The molecule has 4 nitrogen and oxygen atoms in total. The van der Waals surface area contributed by atoms with Crippen LogP contribution in [0.3, 0.4) is 0 Å². The van der Waals surface area contributed by atoms with Crippen LogP contribution >= 0.6 is 44.1 Å². The Kier molecular flexibility index (Phi) is 6.32. The number of ether oxygens (including phenoxy) is 1. The molecule has 0 saturated heterocycles. The second kappa shape index (κ2) is 7.25. The van der Waals surface area contributed by atoms with E-state index in [9.17, 15) is 0 Å². The predicted octanol–water partition coefficient (Wildman–Crippen LogP) is 2.85. The van der Waals surface area contributed by atoms with Crippen LogP contribution in [0.5, 0.6) is 0 Å². The second-order valence-corrected chi connectivity index (χ2v) is 5.38. The van der Waals surface area contributed by atoms with Crippen molar-refractivity contribution >= 4 is 55.0 Å². The van der Waals surface area contributed by atoms with Crippen molar-refractivity contribution in [2.45, 2.75) is 6.92 Å². The van der Waals surface area contributed by atoms with Crippen molar-refractivity contribution in [2.75, 3.05) is 25.6 Å². The first kappa shape index (κ1) is 14.8. The molecule has 17 heavy (non-hydrogen) atoms. The third kappa shape index (κ3) is 4.87. The second-order valence-electron chi connectivity index (χ2n) is 3.26. The molecule has 0 unspecified atom stereocenters. The van der Waals surface area contributed by atoms with Gasteiger partial charge in [0.05, 0.1) is 16.8 Å². The molecule has 1 aromatic heterocycles. The summed E-state index contributed by atoms with van der Waals surface area (Å²) in [5.41, 5.74) is 0.899. The molecule has 0 aliphatic heterocycles. The van der Waals surface area contributed by atoms with E-state index in [4.69, 9.17) is 17.0 Å². The summed E-state index contributed by atoms with van der Waals surface area (Å²) in [5.74, 6) is 0.695. The largest absolute Gasteiger partial charge is 0.383 e. The molecule has 7 heteroatoms. The highest BCUT2D eigenvalue weighted by atomic mass is 79.9. The molecule has 0 aliphatic carbocycles. The average molecular weight is 383 g/mol. The topological polar surface area (TPSA) is 46.2 Å². The van der Waals surface area contributed by atoms with Crippen molar-refractivity contribution in [3.8, 4) is 0 Å². The molecule has 1 aromatic rings. The van der Waals surface area contributed by atoms with Gasteiger partial charge in [0.2, 0.25) is 0 Å². The SMILES string of the molecule is COCCNC(=S)Nc1nc(C)c(Br)cc1Br. The number of methoxy groups -OCH3 is 1. The molecular formula is C10H13Br2N3OS. The van der Waals surface area contributed by atoms with Crippen LogP contribution < -0.4 is 10.6 Å². The Labute approximate surface area is 123 Å². The highest BCUT2D eigenvalue weighted by molar-refractivity contribution is 9.11. The van der Waals surface area contributed by atoms with E-state index in [1.165, 1.54) is 0 Å². The Morgan fingerprint density at radius 2 is 2.18 bits per heavy atom. The molecule has 94 valence electrons. The van der Waals surface area contributed by atoms with Crippen molar-refractivity contribution in [3.63, 3.8) is 0 Å². The van der Waals surface area contributed by atoms with Crippen LogP contribution in [0, 0.1) is 6.92 Å². The quantitative estimate of drug-likeness (QED) is 0.619. The highest BCUT2D eigenvalue weighted by Crippen LogP contribution is 2.26. The number of nitrogens with one attached hydrogen (secondary N) is 2. The molecular weight excluding hydrogens is 370 g/mol. The van der Waals surface area contributed by atoms with Crippen molar-refractivity contribution in [1.82, 2.24) is 10.3 Å². The fourth-order valence-corrected chi connectivity index (χ4v) is 2.30. The van der Waals surface area contributed by atoms with E-state index in [1.807, 2.05) is 13.0 Å². The Morgan fingerprint density at radius 3 is 2.82 bits per heavy atom. The summed E-state index contributed by atoms with van der Waals surface area (Å²) in [6.45, 7) is 3.19. The summed E-state index contributed by atoms with van der Waals surface area (Å²) in [7, 11) is 1.65. The first-order valence-electron chi connectivity index (χ1n) is 4.91. The van der Waals surface area contributed by atoms with Gasteiger partial charge >= 0.3 is 0 Å². The number of rotatable bonds is 4. The fraction of sp³-hybridized carbons (Fsp3) is 0.400. The molecule has 0 saturated carbocycles. The number of hydrogen-bond acceptors (Lipinski definition) is 3. The van der Waals surface area contributed by atoms with Gasteiger partial charge in [0.15, 0.2) is 5.11 Å². The van der Waals surface area contributed by atoms with Gasteiger partial charge in [-0.3, -0.25) is 0 Å². The molecule has 0 atom stereocenters. The van der Waals surface area contributed by atoms with Crippen LogP contribution in [0.25, 0.3) is 0 Å². The summed E-state index contributed by atoms with van der Waals surface area (Å²) in [6, 6.07) is 1.93. The van der Waals surface area contributed by atoms with Crippen LogP contribution in [0.1, 0.15) is 5.69 Å². The van der Waals surface area contributed by atoms with Gasteiger partial charge in [-0.05, 0) is 57.1 Å². The Hall–Kier alpha value is -0.240. The molecule has 0 aromatic carbocycles. The van der Waals surface area contributed by atoms with Gasteiger partial charge in [0, 0.05) is 18.1 Å². The molecule has 0 fully saturated rings. The third-order valence-electron chi connectivity index (χ3n) is 1.93. The minimum atomic E-state index is 0.525. The molecule has 0 amide bonds. The molecule has 1 rings (SSSR count). The van der Waals surface area contributed by atoms with Crippen LogP contribution in [0.4, 0.5) is 5.82 Å². The average Bonchev–Trinajstić information content (AvgIpc) is 2.26. The minimum absolute atomic E-state index is 0.525. The van der Waals surface area contributed by atoms with Gasteiger partial charge in [-0.15, -0.1) is 0 Å². The lowest BCUT2D eigenvalue weighted by molar-refractivity contribution is 0.204. The van der Waals surface area contributed by atoms with Gasteiger partial charge in [-0.25, -0.2) is 4.98 Å². The molecule has 0 spiro atoms. The number of hydrogen-bond donors (Lipinski definition) is 2. The number of anilines is 1. The lowest BCUT2D eigenvalue weighted by Gasteiger charge is -2.11. The number of halogens is 2. The monoisotopic (exact) mass is 381 g/mol. The maximum atomic E-state index is 5.13. The smallest absolute Gasteiger partial charge is 0.172 e. The summed E-state index contributed by atoms with van der Waals surface area (Å²) in [4.78, 5) is 4.38. The standard InChI is InChI=1S/C10H13Br2N3OS/c1-6-7(11)5-8(12)9(14-6)15-10(17)13-3-4-16-2/h5H,3-4H2,1-2H3,(H2,13,14,15,17). The van der Waals surface area contributed by atoms with Crippen LogP contribution in [-0.4, -0.2) is 30.4 Å². The Bertz CT molecular complexity index is 415. The zero-order valence-corrected chi connectivity index (χ0v) is 13.5. The normalized spacial score (nSPS) is 10.1. The van der Waals surface area contributed by atoms with Gasteiger partial charge in [0.1, 0.15) is 5.82 Å². The predicted molar refractivity (Wildman–Crippen MR) is 80.5 cm³/mol. The Morgan fingerprint density at radius 1 is 1.47 bits per heavy atom. The fourth-order valence-electron chi connectivity index (χ4n) is 1.06. The van der Waals surface area contributed by atoms with Gasteiger partial charge in [-0.1, -0.05) is 0 Å². The van der Waals surface area contributed by atoms with Crippen LogP contribution in [0.2, 0.25) is 0 Å². The van der Waals surface area contributed by atoms with Crippen LogP contribution in [-0.2, 0) is 4.74 Å². The number of pyridine rings is 1. The molecule has 0 radical (unpaired) electrons. The van der Waals surface area contributed by atoms with Crippen molar-refractivity contribution in [3.05, 3.63) is 20.7 Å². The molecule has 0 bridgehead atoms. The molecule has 1 heterocycles. The summed E-state index contributed by atoms with van der Waals surface area (Å²) in [5, 5.41) is 6.56. The third-order valence-corrected chi connectivity index (χ3v) is 3.58. The van der Waals surface area contributed by atoms with Crippen molar-refractivity contribution < 1.29 is 4.74 Å². The van der Waals surface area contributed by atoms with Crippen LogP contribution in [0.15, 0.2) is 15.0 Å². The number of nitrogens with zero attached hydrogens (tertiary/aromatic N) is 1. The summed E-state index contributed by atoms with van der Waals surface area (Å²) >= 11 is 12.0. The lowest BCUT2D eigenvalue weighted by atomic mass is 10.4. The number of aryl methyl sites for hydroxylation is 1. The van der Waals surface area contributed by atoms with Crippen molar-refractivity contribution in [2.24, 2.45) is 0 Å². The zero-order valence-electron chi connectivity index (χ0n) is 9.51. The van der Waals surface area contributed by atoms with E-state index in [0.29, 0.717) is 24.1 Å². The van der Waals surface area contributed by atoms with E-state index in [2.05, 4.69) is 47.5 Å². The Balaban J connectivity index is 2.62. The zero-order chi connectivity index (χ0) is 12.8. The maximum Gasteiger partial charge on any atom is 0.172 e. The minimum Gasteiger partial charge on any atom is -0.383 e. The van der Waals surface area contributed by atoms with Gasteiger partial charge < -0.3 is 15.4 Å². The molecule has 0 aliphatic rings. The first-order valence-corrected chi connectivity index (χ1v) is 6.90. The number of aromatic nitrogens is 1. The van der Waals surface area contributed by atoms with E-state index in [-0.39, 0.29) is 0 Å². The van der Waals surface area contributed by atoms with E-state index >= 15 is 0 Å². The highest BCUT2D eigenvalue weighted by Gasteiger charge is 2.07. The van der Waals surface area contributed by atoms with Gasteiger partial charge in [-0.2, -0.15) is 0 Å².